The van der Waals surface area contributed by atoms with Gasteiger partial charge in [0.15, 0.2) is 6.10 Å². The Labute approximate surface area is 432 Å². The van der Waals surface area contributed by atoms with E-state index in [1.165, 1.54) is 122 Å². The van der Waals surface area contributed by atoms with Crippen LogP contribution >= 0.6 is 0 Å². The summed E-state index contributed by atoms with van der Waals surface area (Å²) in [6.45, 7) is 6.44. The van der Waals surface area contributed by atoms with Crippen molar-refractivity contribution in [3.63, 3.8) is 0 Å². The average molecular weight is 974 g/mol. The van der Waals surface area contributed by atoms with Crippen LogP contribution in [-0.2, 0) is 28.6 Å². The molecule has 0 aromatic rings. The van der Waals surface area contributed by atoms with E-state index in [0.29, 0.717) is 19.3 Å². The van der Waals surface area contributed by atoms with Crippen molar-refractivity contribution in [2.45, 2.75) is 277 Å². The van der Waals surface area contributed by atoms with Gasteiger partial charge < -0.3 is 14.2 Å². The van der Waals surface area contributed by atoms with Gasteiger partial charge in [0.25, 0.3) is 0 Å². The fourth-order valence-electron chi connectivity index (χ4n) is 8.11. The molecule has 0 bridgehead atoms. The Morgan fingerprint density at radius 1 is 0.300 bits per heavy atom. The Morgan fingerprint density at radius 3 is 0.900 bits per heavy atom. The zero-order chi connectivity index (χ0) is 50.7. The van der Waals surface area contributed by atoms with Crippen LogP contribution in [0.4, 0.5) is 0 Å². The number of hydrogen-bond acceptors (Lipinski definition) is 6. The Hall–Kier alpha value is -3.67. The molecule has 0 N–H and O–H groups in total. The zero-order valence-electron chi connectivity index (χ0n) is 45.8. The molecule has 1 atom stereocenters. The molecule has 0 amide bonds. The van der Waals surface area contributed by atoms with E-state index in [4.69, 9.17) is 14.2 Å². The molecule has 6 nitrogen and oxygen atoms in total. The second-order valence-electron chi connectivity index (χ2n) is 19.4. The van der Waals surface area contributed by atoms with Gasteiger partial charge in [-0.05, 0) is 64.2 Å². The number of carbonyl (C=O) groups is 3. The lowest BCUT2D eigenvalue weighted by Gasteiger charge is -2.18. The lowest BCUT2D eigenvalue weighted by molar-refractivity contribution is -0.167. The molecule has 400 valence electrons. The molecule has 0 spiro atoms. The first-order valence-electron chi connectivity index (χ1n) is 29.3. The van der Waals surface area contributed by atoms with Crippen LogP contribution in [0.3, 0.4) is 0 Å². The van der Waals surface area contributed by atoms with E-state index in [1.807, 2.05) is 18.2 Å². The van der Waals surface area contributed by atoms with E-state index in [0.717, 1.165) is 109 Å². The van der Waals surface area contributed by atoms with Gasteiger partial charge in [-0.3, -0.25) is 14.4 Å². The monoisotopic (exact) mass is 973 g/mol. The first kappa shape index (κ1) is 66.3. The van der Waals surface area contributed by atoms with E-state index in [2.05, 4.69) is 99.8 Å². The highest BCUT2D eigenvalue weighted by Crippen LogP contribution is 2.16. The Morgan fingerprint density at radius 2 is 0.557 bits per heavy atom. The molecule has 0 aliphatic carbocycles. The highest BCUT2D eigenvalue weighted by molar-refractivity contribution is 5.71. The molecule has 0 rings (SSSR count). The third-order valence-corrected chi connectivity index (χ3v) is 12.5. The summed E-state index contributed by atoms with van der Waals surface area (Å²) in [6, 6.07) is 0. The van der Waals surface area contributed by atoms with Crippen molar-refractivity contribution in [1.29, 1.82) is 0 Å². The standard InChI is InChI=1S/C64H108O6/c1-4-7-10-13-16-19-22-25-28-30-32-34-36-39-42-45-48-51-54-57-63(66)69-60-61(59-68-62(65)56-53-50-47-44-41-38-35-27-24-21-18-15-12-9-6-3)70-64(67)58-55-52-49-46-43-40-37-33-31-29-26-23-20-17-14-11-8-5-2/h9,12,15,17-18,20-21,23-24,26-27,29,31,33,35,37,61H,4-8,10-11,13-14,16,19,22,25,28,30,32,34,36,38-60H2,1-3H3/b12-9-,18-15-,20-17-,24-21-,26-23-,31-29-,35-27-,37-33-. The molecule has 0 radical (unpaired) electrons. The molecule has 0 fully saturated rings. The van der Waals surface area contributed by atoms with E-state index < -0.39 is 6.10 Å². The van der Waals surface area contributed by atoms with Crippen molar-refractivity contribution in [3.05, 3.63) is 97.2 Å². The number of allylic oxidation sites excluding steroid dienone is 16. The van der Waals surface area contributed by atoms with Crippen LogP contribution < -0.4 is 0 Å². The van der Waals surface area contributed by atoms with Crippen LogP contribution in [0.15, 0.2) is 97.2 Å². The lowest BCUT2D eigenvalue weighted by atomic mass is 10.0. The summed E-state index contributed by atoms with van der Waals surface area (Å²) in [4.78, 5) is 38.2. The number of esters is 3. The number of hydrogen-bond donors (Lipinski definition) is 0. The minimum absolute atomic E-state index is 0.0939. The van der Waals surface area contributed by atoms with Gasteiger partial charge in [-0.15, -0.1) is 0 Å². The zero-order valence-corrected chi connectivity index (χ0v) is 45.8. The summed E-state index contributed by atoms with van der Waals surface area (Å²) in [5.74, 6) is -0.934. The molecule has 70 heavy (non-hydrogen) atoms. The van der Waals surface area contributed by atoms with Gasteiger partial charge in [-0.2, -0.15) is 0 Å². The predicted octanol–water partition coefficient (Wildman–Crippen LogP) is 19.7. The van der Waals surface area contributed by atoms with E-state index in [-0.39, 0.29) is 31.1 Å². The van der Waals surface area contributed by atoms with Crippen molar-refractivity contribution in [1.82, 2.24) is 0 Å². The van der Waals surface area contributed by atoms with Crippen LogP contribution in [0, 0.1) is 0 Å². The summed E-state index contributed by atoms with van der Waals surface area (Å²) in [6.07, 6.45) is 76.8. The fraction of sp³-hybridized carbons (Fsp3) is 0.703. The van der Waals surface area contributed by atoms with Gasteiger partial charge >= 0.3 is 17.9 Å². The minimum Gasteiger partial charge on any atom is -0.462 e. The number of rotatable bonds is 52. The summed E-state index contributed by atoms with van der Waals surface area (Å²) < 4.78 is 16.9. The molecular formula is C64H108O6. The number of ether oxygens (including phenoxy) is 3. The maximum atomic E-state index is 12.9. The molecule has 0 aromatic heterocycles. The lowest BCUT2D eigenvalue weighted by Crippen LogP contribution is -2.30. The Balaban J connectivity index is 4.45. The molecule has 0 heterocycles. The van der Waals surface area contributed by atoms with E-state index in [1.54, 1.807) is 0 Å². The van der Waals surface area contributed by atoms with Crippen LogP contribution in [-0.4, -0.2) is 37.2 Å². The largest absolute Gasteiger partial charge is 0.462 e. The highest BCUT2D eigenvalue weighted by atomic mass is 16.6. The average Bonchev–Trinajstić information content (AvgIpc) is 3.36. The summed E-state index contributed by atoms with van der Waals surface area (Å²) in [7, 11) is 0. The van der Waals surface area contributed by atoms with E-state index in [9.17, 15) is 14.4 Å². The molecule has 0 saturated heterocycles. The fourth-order valence-corrected chi connectivity index (χ4v) is 8.11. The second kappa shape index (κ2) is 57.9. The predicted molar refractivity (Wildman–Crippen MR) is 302 cm³/mol. The van der Waals surface area contributed by atoms with Gasteiger partial charge in [0.2, 0.25) is 0 Å². The molecule has 6 heteroatoms. The van der Waals surface area contributed by atoms with Crippen molar-refractivity contribution < 1.29 is 28.6 Å². The normalized spacial score (nSPS) is 12.8. The third-order valence-electron chi connectivity index (χ3n) is 12.5. The maximum Gasteiger partial charge on any atom is 0.306 e. The highest BCUT2D eigenvalue weighted by Gasteiger charge is 2.19. The molecule has 0 saturated carbocycles. The van der Waals surface area contributed by atoms with Crippen molar-refractivity contribution in [2.24, 2.45) is 0 Å². The number of carbonyl (C=O) groups excluding carboxylic acids is 3. The SMILES string of the molecule is CC\C=C/C=C\C=C/C=C\CCCCCCCC(=O)OCC(COC(=O)CCCCCCCCCCCCCCCCCCCCC)OC(=O)CCCCCCC\C=C/C=C\C=C/C=C\CCCCC. The maximum absolute atomic E-state index is 12.9. The van der Waals surface area contributed by atoms with Crippen molar-refractivity contribution in [3.8, 4) is 0 Å². The first-order valence-corrected chi connectivity index (χ1v) is 29.3. The summed E-state index contributed by atoms with van der Waals surface area (Å²) in [5, 5.41) is 0. The molecule has 0 aromatic carbocycles. The second-order valence-corrected chi connectivity index (χ2v) is 19.4. The van der Waals surface area contributed by atoms with Gasteiger partial charge in [0.1, 0.15) is 13.2 Å². The Kier molecular flexibility index (Phi) is 54.9. The van der Waals surface area contributed by atoms with Gasteiger partial charge in [0, 0.05) is 19.3 Å². The molecule has 0 aliphatic heterocycles. The first-order chi connectivity index (χ1) is 34.5. The van der Waals surface area contributed by atoms with Gasteiger partial charge in [-0.25, -0.2) is 0 Å². The van der Waals surface area contributed by atoms with Crippen LogP contribution in [0.25, 0.3) is 0 Å². The third kappa shape index (κ3) is 55.3. The van der Waals surface area contributed by atoms with Crippen molar-refractivity contribution in [2.75, 3.05) is 13.2 Å². The quantitative estimate of drug-likeness (QED) is 0.0262. The van der Waals surface area contributed by atoms with Crippen LogP contribution in [0.2, 0.25) is 0 Å². The van der Waals surface area contributed by atoms with Crippen molar-refractivity contribution >= 4 is 17.9 Å². The number of unbranched alkanes of at least 4 members (excludes halogenated alkanes) is 31. The van der Waals surface area contributed by atoms with Crippen LogP contribution in [0.5, 0.6) is 0 Å². The summed E-state index contributed by atoms with van der Waals surface area (Å²) in [5.41, 5.74) is 0. The van der Waals surface area contributed by atoms with Crippen LogP contribution in [0.1, 0.15) is 271 Å². The minimum atomic E-state index is -0.800. The van der Waals surface area contributed by atoms with Gasteiger partial charge in [-0.1, -0.05) is 285 Å². The smallest absolute Gasteiger partial charge is 0.306 e. The van der Waals surface area contributed by atoms with E-state index >= 15 is 0 Å². The molecule has 0 aliphatic rings. The topological polar surface area (TPSA) is 78.9 Å². The molecule has 1 unspecified atom stereocenters. The Bertz CT molecular complexity index is 1400. The molecular weight excluding hydrogens is 865 g/mol. The van der Waals surface area contributed by atoms with Gasteiger partial charge in [0.05, 0.1) is 0 Å². The summed E-state index contributed by atoms with van der Waals surface area (Å²) >= 11 is 0.